The van der Waals surface area contributed by atoms with Crippen LogP contribution in [0.1, 0.15) is 24.5 Å². The summed E-state index contributed by atoms with van der Waals surface area (Å²) in [7, 11) is 0. The molecule has 1 atom stereocenters. The monoisotopic (exact) mass is 487 g/mol. The normalized spacial score (nSPS) is 11.9. The van der Waals surface area contributed by atoms with Crippen LogP contribution in [-0.2, 0) is 15.2 Å². The van der Waals surface area contributed by atoms with Gasteiger partial charge >= 0.3 is 11.9 Å². The number of aliphatic carboxylic acids is 2. The van der Waals surface area contributed by atoms with Gasteiger partial charge in [0.1, 0.15) is 5.60 Å². The first-order valence-corrected chi connectivity index (χ1v) is 9.11. The molecule has 0 amide bonds. The molecule has 0 aliphatic heterocycles. The van der Waals surface area contributed by atoms with E-state index in [-0.39, 0.29) is 6.04 Å². The SMILES string of the molecule is CC(N)CC(O)(c1ccc(Br)cc1)c1ccc(Br)cc1.O=C(O)C(=O)O. The van der Waals surface area contributed by atoms with Gasteiger partial charge in [-0.1, -0.05) is 56.1 Å². The molecule has 0 saturated carbocycles. The summed E-state index contributed by atoms with van der Waals surface area (Å²) in [5, 5.41) is 26.0. The summed E-state index contributed by atoms with van der Waals surface area (Å²) in [6.07, 6.45) is 0.469. The molecule has 0 radical (unpaired) electrons. The van der Waals surface area contributed by atoms with E-state index in [0.717, 1.165) is 20.1 Å². The number of aliphatic hydroxyl groups is 1. The van der Waals surface area contributed by atoms with Gasteiger partial charge in [0.2, 0.25) is 0 Å². The Balaban J connectivity index is 0.000000487. The summed E-state index contributed by atoms with van der Waals surface area (Å²) in [6, 6.07) is 15.3. The van der Waals surface area contributed by atoms with E-state index in [4.69, 9.17) is 25.5 Å². The van der Waals surface area contributed by atoms with Gasteiger partial charge in [-0.15, -0.1) is 0 Å². The average molecular weight is 489 g/mol. The molecule has 140 valence electrons. The van der Waals surface area contributed by atoms with Crippen LogP contribution in [-0.4, -0.2) is 33.3 Å². The number of carboxylic acids is 2. The van der Waals surface area contributed by atoms with Gasteiger partial charge in [0, 0.05) is 15.0 Å². The van der Waals surface area contributed by atoms with Crippen LogP contribution in [0.3, 0.4) is 0 Å². The Hall–Kier alpha value is -1.74. The molecule has 2 rings (SSSR count). The molecule has 8 heteroatoms. The molecule has 0 aliphatic rings. The number of halogens is 2. The summed E-state index contributed by atoms with van der Waals surface area (Å²) >= 11 is 6.83. The largest absolute Gasteiger partial charge is 0.473 e. The quantitative estimate of drug-likeness (QED) is 0.490. The Kier molecular flexibility index (Phi) is 8.42. The summed E-state index contributed by atoms with van der Waals surface area (Å²) in [4.78, 5) is 18.2. The molecule has 0 aromatic heterocycles. The van der Waals surface area contributed by atoms with Gasteiger partial charge < -0.3 is 21.1 Å². The van der Waals surface area contributed by atoms with Crippen LogP contribution in [0, 0.1) is 0 Å². The van der Waals surface area contributed by atoms with Crippen LogP contribution < -0.4 is 5.73 Å². The van der Waals surface area contributed by atoms with Gasteiger partial charge in [-0.2, -0.15) is 0 Å². The van der Waals surface area contributed by atoms with E-state index < -0.39 is 17.5 Å². The number of carboxylic acid groups (broad SMARTS) is 2. The van der Waals surface area contributed by atoms with Gasteiger partial charge in [0.05, 0.1) is 0 Å². The van der Waals surface area contributed by atoms with Crippen LogP contribution in [0.4, 0.5) is 0 Å². The van der Waals surface area contributed by atoms with Crippen LogP contribution in [0.15, 0.2) is 57.5 Å². The Morgan fingerprint density at radius 1 is 0.923 bits per heavy atom. The van der Waals surface area contributed by atoms with Crippen molar-refractivity contribution in [3.63, 3.8) is 0 Å². The van der Waals surface area contributed by atoms with E-state index in [1.807, 2.05) is 55.5 Å². The van der Waals surface area contributed by atoms with E-state index in [1.54, 1.807) is 0 Å². The lowest BCUT2D eigenvalue weighted by Gasteiger charge is -2.31. The zero-order valence-corrected chi connectivity index (χ0v) is 17.1. The lowest BCUT2D eigenvalue weighted by Crippen LogP contribution is -2.34. The van der Waals surface area contributed by atoms with E-state index in [9.17, 15) is 5.11 Å². The third-order valence-electron chi connectivity index (χ3n) is 3.44. The fourth-order valence-corrected chi connectivity index (χ4v) is 2.85. The second-order valence-corrected chi connectivity index (χ2v) is 7.50. The highest BCUT2D eigenvalue weighted by Gasteiger charge is 2.32. The lowest BCUT2D eigenvalue weighted by atomic mass is 9.82. The summed E-state index contributed by atoms with van der Waals surface area (Å²) in [6.45, 7) is 1.91. The average Bonchev–Trinajstić information content (AvgIpc) is 2.55. The predicted octanol–water partition coefficient (Wildman–Crippen LogP) is 3.34. The third-order valence-corrected chi connectivity index (χ3v) is 4.50. The van der Waals surface area contributed by atoms with Crippen molar-refractivity contribution in [1.29, 1.82) is 0 Å². The molecule has 1 unspecified atom stereocenters. The van der Waals surface area contributed by atoms with Gasteiger partial charge in [-0.25, -0.2) is 9.59 Å². The minimum absolute atomic E-state index is 0.104. The second-order valence-electron chi connectivity index (χ2n) is 5.67. The maximum Gasteiger partial charge on any atom is 0.414 e. The smallest absolute Gasteiger partial charge is 0.414 e. The van der Waals surface area contributed by atoms with Gasteiger partial charge in [0.25, 0.3) is 0 Å². The molecule has 0 saturated heterocycles. The molecule has 6 nitrogen and oxygen atoms in total. The maximum absolute atomic E-state index is 11.2. The number of nitrogens with two attached hydrogens (primary N) is 1. The van der Waals surface area contributed by atoms with Gasteiger partial charge in [-0.3, -0.25) is 0 Å². The molecule has 0 fully saturated rings. The van der Waals surface area contributed by atoms with Crippen molar-refractivity contribution >= 4 is 43.8 Å². The topological polar surface area (TPSA) is 121 Å². The van der Waals surface area contributed by atoms with Crippen molar-refractivity contribution in [2.45, 2.75) is 25.0 Å². The van der Waals surface area contributed by atoms with Crippen molar-refractivity contribution < 1.29 is 24.9 Å². The molecule has 0 bridgehead atoms. The Morgan fingerprint density at radius 2 is 1.23 bits per heavy atom. The van der Waals surface area contributed by atoms with Crippen molar-refractivity contribution in [2.75, 3.05) is 0 Å². The first kappa shape index (κ1) is 22.3. The Labute approximate surface area is 167 Å². The first-order valence-electron chi connectivity index (χ1n) is 7.52. The van der Waals surface area contributed by atoms with Gasteiger partial charge in [0.15, 0.2) is 0 Å². The van der Waals surface area contributed by atoms with Crippen molar-refractivity contribution in [3.8, 4) is 0 Å². The minimum Gasteiger partial charge on any atom is -0.473 e. The summed E-state index contributed by atoms with van der Waals surface area (Å²) in [5.41, 5.74) is 6.56. The molecule has 0 heterocycles. The minimum atomic E-state index is -1.82. The van der Waals surface area contributed by atoms with E-state index in [1.165, 1.54) is 0 Å². The van der Waals surface area contributed by atoms with Crippen molar-refractivity contribution in [2.24, 2.45) is 5.73 Å². The number of hydrogen-bond donors (Lipinski definition) is 4. The fraction of sp³-hybridized carbons (Fsp3) is 0.222. The van der Waals surface area contributed by atoms with Crippen molar-refractivity contribution in [1.82, 2.24) is 0 Å². The number of rotatable bonds is 4. The highest BCUT2D eigenvalue weighted by atomic mass is 79.9. The standard InChI is InChI=1S/C16H17Br2NO.C2H2O4/c1-11(19)10-16(20,12-2-6-14(17)7-3-12)13-4-8-15(18)9-5-13;3-1(4)2(5)6/h2-9,11,20H,10,19H2,1H3;(H,3,4)(H,5,6). The predicted molar refractivity (Wildman–Crippen MR) is 105 cm³/mol. The van der Waals surface area contributed by atoms with Crippen LogP contribution in [0.2, 0.25) is 0 Å². The third kappa shape index (κ3) is 6.53. The van der Waals surface area contributed by atoms with Crippen LogP contribution >= 0.6 is 31.9 Å². The second kappa shape index (κ2) is 9.82. The highest BCUT2D eigenvalue weighted by Crippen LogP contribution is 2.35. The molecule has 26 heavy (non-hydrogen) atoms. The van der Waals surface area contributed by atoms with E-state index >= 15 is 0 Å². The maximum atomic E-state index is 11.2. The molecular formula is C18H19Br2NO5. The summed E-state index contributed by atoms with van der Waals surface area (Å²) in [5.74, 6) is -3.65. The Morgan fingerprint density at radius 3 is 1.46 bits per heavy atom. The zero-order valence-electron chi connectivity index (χ0n) is 13.9. The van der Waals surface area contributed by atoms with E-state index in [0.29, 0.717) is 6.42 Å². The number of hydrogen-bond acceptors (Lipinski definition) is 4. The number of benzene rings is 2. The molecule has 2 aromatic rings. The van der Waals surface area contributed by atoms with Gasteiger partial charge in [-0.05, 0) is 48.7 Å². The van der Waals surface area contributed by atoms with Crippen LogP contribution in [0.5, 0.6) is 0 Å². The molecule has 0 aliphatic carbocycles. The number of carbonyl (C=O) groups is 2. The lowest BCUT2D eigenvalue weighted by molar-refractivity contribution is -0.159. The molecular weight excluding hydrogens is 470 g/mol. The Bertz CT molecular complexity index is 688. The molecule has 5 N–H and O–H groups in total. The summed E-state index contributed by atoms with van der Waals surface area (Å²) < 4.78 is 1.97. The fourth-order valence-electron chi connectivity index (χ4n) is 2.32. The van der Waals surface area contributed by atoms with Crippen molar-refractivity contribution in [3.05, 3.63) is 68.6 Å². The zero-order chi connectivity index (χ0) is 19.9. The first-order chi connectivity index (χ1) is 12.1. The van der Waals surface area contributed by atoms with E-state index in [2.05, 4.69) is 31.9 Å². The molecule has 0 spiro atoms. The highest BCUT2D eigenvalue weighted by molar-refractivity contribution is 9.10. The molecule has 2 aromatic carbocycles. The van der Waals surface area contributed by atoms with Crippen LogP contribution in [0.25, 0.3) is 0 Å².